The number of nitrogen functional groups attached to an aromatic ring is 1. The third kappa shape index (κ3) is 3.04. The molecule has 1 aromatic heterocycles. The number of ketones is 1. The van der Waals surface area contributed by atoms with Crippen molar-refractivity contribution in [1.82, 2.24) is 9.97 Å². The highest BCUT2D eigenvalue weighted by Gasteiger charge is 2.38. The van der Waals surface area contributed by atoms with Gasteiger partial charge in [0.15, 0.2) is 5.78 Å². The standard InChI is InChI=1S/C25H25N5O2/c26-23-22-20(17-8-3-6-15-5-1-2-7-16(15)17)21-18(9-4-10-19(21)31)27-24(22)29-25(28-23)30-11-13-32-14-12-30/h1-3,5-8,20H,4,9-14H2,(H3,26,27,28,29)/t20-/m1/s1. The van der Waals surface area contributed by atoms with Crippen molar-refractivity contribution in [2.24, 2.45) is 0 Å². The van der Waals surface area contributed by atoms with Gasteiger partial charge in [0, 0.05) is 42.3 Å². The predicted octanol–water partition coefficient (Wildman–Crippen LogP) is 3.61. The molecular weight excluding hydrogens is 402 g/mol. The molecule has 1 atom stereocenters. The zero-order chi connectivity index (χ0) is 21.7. The summed E-state index contributed by atoms with van der Waals surface area (Å²) in [6, 6.07) is 14.5. The summed E-state index contributed by atoms with van der Waals surface area (Å²) in [5.41, 5.74) is 10.3. The third-order valence-electron chi connectivity index (χ3n) is 6.69. The molecule has 2 aromatic carbocycles. The first-order chi connectivity index (χ1) is 15.7. The Hall–Kier alpha value is -3.45. The van der Waals surface area contributed by atoms with Crippen molar-refractivity contribution < 1.29 is 9.53 Å². The highest BCUT2D eigenvalue weighted by atomic mass is 16.5. The Morgan fingerprint density at radius 3 is 2.72 bits per heavy atom. The molecule has 3 aliphatic rings. The molecule has 0 amide bonds. The Kier molecular flexibility index (Phi) is 4.57. The van der Waals surface area contributed by atoms with Crippen LogP contribution in [0.3, 0.4) is 0 Å². The number of nitrogens with one attached hydrogen (secondary N) is 1. The zero-order valence-electron chi connectivity index (χ0n) is 17.8. The molecule has 7 nitrogen and oxygen atoms in total. The van der Waals surface area contributed by atoms with Crippen LogP contribution in [0.4, 0.5) is 17.6 Å². The first kappa shape index (κ1) is 19.3. The highest BCUT2D eigenvalue weighted by molar-refractivity contribution is 6.03. The maximum Gasteiger partial charge on any atom is 0.229 e. The number of nitrogens with two attached hydrogens (primary N) is 1. The average molecular weight is 428 g/mol. The summed E-state index contributed by atoms with van der Waals surface area (Å²) in [4.78, 5) is 24.9. The highest BCUT2D eigenvalue weighted by Crippen LogP contribution is 2.48. The molecule has 6 rings (SSSR count). The lowest BCUT2D eigenvalue weighted by Crippen LogP contribution is -2.38. The normalized spacial score (nSPS) is 20.7. The van der Waals surface area contributed by atoms with Crippen molar-refractivity contribution in [2.75, 3.05) is 42.3 Å². The molecule has 162 valence electrons. The number of aromatic nitrogens is 2. The van der Waals surface area contributed by atoms with Crippen LogP contribution in [0.15, 0.2) is 53.7 Å². The number of morpholine rings is 1. The van der Waals surface area contributed by atoms with Gasteiger partial charge in [-0.05, 0) is 29.2 Å². The van der Waals surface area contributed by atoms with Crippen molar-refractivity contribution in [3.63, 3.8) is 0 Å². The van der Waals surface area contributed by atoms with E-state index < -0.39 is 0 Å². The van der Waals surface area contributed by atoms with Gasteiger partial charge in [-0.15, -0.1) is 0 Å². The van der Waals surface area contributed by atoms with E-state index in [1.807, 2.05) is 18.2 Å². The number of ether oxygens (including phenoxy) is 1. The number of carbonyl (C=O) groups excluding carboxylic acids is 1. The first-order valence-electron chi connectivity index (χ1n) is 11.2. The molecule has 3 N–H and O–H groups in total. The Labute approximate surface area is 186 Å². The van der Waals surface area contributed by atoms with Crippen LogP contribution in [-0.4, -0.2) is 42.1 Å². The number of fused-ring (bicyclic) bond motifs is 2. The number of allylic oxidation sites excluding steroid dienone is 2. The summed E-state index contributed by atoms with van der Waals surface area (Å²) in [6.07, 6.45) is 2.24. The lowest BCUT2D eigenvalue weighted by atomic mass is 9.75. The molecule has 0 unspecified atom stereocenters. The molecule has 0 spiro atoms. The van der Waals surface area contributed by atoms with Crippen LogP contribution >= 0.6 is 0 Å². The summed E-state index contributed by atoms with van der Waals surface area (Å²) in [5, 5.41) is 5.73. The number of nitrogens with zero attached hydrogens (tertiary/aromatic N) is 3. The van der Waals surface area contributed by atoms with Crippen molar-refractivity contribution in [3.05, 3.63) is 64.9 Å². The minimum Gasteiger partial charge on any atom is -0.383 e. The van der Waals surface area contributed by atoms with Gasteiger partial charge in [-0.2, -0.15) is 9.97 Å². The van der Waals surface area contributed by atoms with Crippen molar-refractivity contribution in [1.29, 1.82) is 0 Å². The van der Waals surface area contributed by atoms with E-state index in [0.717, 1.165) is 59.1 Å². The maximum atomic E-state index is 13.2. The second-order valence-electron chi connectivity index (χ2n) is 8.57. The molecule has 1 fully saturated rings. The lowest BCUT2D eigenvalue weighted by Gasteiger charge is -2.35. The van der Waals surface area contributed by atoms with E-state index >= 15 is 0 Å². The Bertz CT molecular complexity index is 1260. The van der Waals surface area contributed by atoms with E-state index in [0.29, 0.717) is 37.2 Å². The molecule has 0 saturated carbocycles. The summed E-state index contributed by atoms with van der Waals surface area (Å²) in [7, 11) is 0. The molecule has 7 heteroatoms. The molecule has 2 aliphatic heterocycles. The van der Waals surface area contributed by atoms with E-state index in [9.17, 15) is 4.79 Å². The number of anilines is 3. The largest absolute Gasteiger partial charge is 0.383 e. The predicted molar refractivity (Wildman–Crippen MR) is 125 cm³/mol. The van der Waals surface area contributed by atoms with Crippen LogP contribution in [0.2, 0.25) is 0 Å². The fourth-order valence-electron chi connectivity index (χ4n) is 5.19. The van der Waals surface area contributed by atoms with Crippen LogP contribution in [-0.2, 0) is 9.53 Å². The molecule has 3 heterocycles. The topological polar surface area (TPSA) is 93.4 Å². The van der Waals surface area contributed by atoms with Crippen LogP contribution in [0.25, 0.3) is 10.8 Å². The van der Waals surface area contributed by atoms with Gasteiger partial charge < -0.3 is 20.7 Å². The van der Waals surface area contributed by atoms with Crippen LogP contribution in [0.5, 0.6) is 0 Å². The van der Waals surface area contributed by atoms with E-state index in [1.54, 1.807) is 0 Å². The van der Waals surface area contributed by atoms with Gasteiger partial charge in [0.1, 0.15) is 11.6 Å². The minimum absolute atomic E-state index is 0.180. The number of hydrogen-bond donors (Lipinski definition) is 2. The van der Waals surface area contributed by atoms with Gasteiger partial charge >= 0.3 is 0 Å². The number of carbonyl (C=O) groups is 1. The summed E-state index contributed by atoms with van der Waals surface area (Å²) >= 11 is 0. The fourth-order valence-corrected chi connectivity index (χ4v) is 5.19. The summed E-state index contributed by atoms with van der Waals surface area (Å²) in [6.45, 7) is 2.77. The molecule has 3 aromatic rings. The van der Waals surface area contributed by atoms with Gasteiger partial charge in [-0.25, -0.2) is 0 Å². The lowest BCUT2D eigenvalue weighted by molar-refractivity contribution is -0.116. The monoisotopic (exact) mass is 427 g/mol. The van der Waals surface area contributed by atoms with Crippen LogP contribution in [0, 0.1) is 0 Å². The molecule has 1 saturated heterocycles. The molecule has 0 bridgehead atoms. The van der Waals surface area contributed by atoms with Gasteiger partial charge in [0.25, 0.3) is 0 Å². The zero-order valence-corrected chi connectivity index (χ0v) is 17.8. The number of Topliss-reactive ketones (excluding diaryl/α,β-unsaturated/α-hetero) is 1. The van der Waals surface area contributed by atoms with E-state index in [-0.39, 0.29) is 11.7 Å². The Morgan fingerprint density at radius 1 is 1.03 bits per heavy atom. The minimum atomic E-state index is -0.279. The fraction of sp³-hybridized carbons (Fsp3) is 0.320. The van der Waals surface area contributed by atoms with Crippen molar-refractivity contribution in [3.8, 4) is 0 Å². The molecule has 1 aliphatic carbocycles. The summed E-state index contributed by atoms with van der Waals surface area (Å²) in [5.74, 6) is 1.65. The second-order valence-corrected chi connectivity index (χ2v) is 8.57. The average Bonchev–Trinajstić information content (AvgIpc) is 2.83. The SMILES string of the molecule is Nc1nc(N2CCOCC2)nc2c1[C@H](c1cccc3ccccc13)C1=C(CCCC1=O)N2. The number of hydrogen-bond acceptors (Lipinski definition) is 7. The van der Waals surface area contributed by atoms with E-state index in [4.69, 9.17) is 20.4 Å². The van der Waals surface area contributed by atoms with Crippen LogP contribution in [0.1, 0.15) is 36.3 Å². The van der Waals surface area contributed by atoms with Gasteiger partial charge in [-0.3, -0.25) is 4.79 Å². The number of rotatable bonds is 2. The Balaban J connectivity index is 1.57. The summed E-state index contributed by atoms with van der Waals surface area (Å²) < 4.78 is 5.47. The van der Waals surface area contributed by atoms with Gasteiger partial charge in [0.05, 0.1) is 13.2 Å². The van der Waals surface area contributed by atoms with Gasteiger partial charge in [-0.1, -0.05) is 42.5 Å². The van der Waals surface area contributed by atoms with Gasteiger partial charge in [0.2, 0.25) is 5.95 Å². The van der Waals surface area contributed by atoms with Crippen LogP contribution < -0.4 is 16.0 Å². The number of benzene rings is 2. The molecule has 0 radical (unpaired) electrons. The van der Waals surface area contributed by atoms with Crippen molar-refractivity contribution in [2.45, 2.75) is 25.2 Å². The third-order valence-corrected chi connectivity index (χ3v) is 6.69. The quantitative estimate of drug-likeness (QED) is 0.645. The van der Waals surface area contributed by atoms with E-state index in [1.165, 1.54) is 0 Å². The second kappa shape index (κ2) is 7.60. The molecule has 32 heavy (non-hydrogen) atoms. The Morgan fingerprint density at radius 2 is 1.84 bits per heavy atom. The smallest absolute Gasteiger partial charge is 0.229 e. The first-order valence-corrected chi connectivity index (χ1v) is 11.2. The molecular formula is C25H25N5O2. The maximum absolute atomic E-state index is 13.2. The van der Waals surface area contributed by atoms with Crippen molar-refractivity contribution >= 4 is 34.1 Å². The van der Waals surface area contributed by atoms with E-state index in [2.05, 4.69) is 34.5 Å².